The van der Waals surface area contributed by atoms with Crippen LogP contribution in [0, 0.1) is 0 Å². The van der Waals surface area contributed by atoms with Gasteiger partial charge in [-0.2, -0.15) is 0 Å². The molecule has 1 amide bonds. The Balaban J connectivity index is 2.74. The fraction of sp³-hybridized carbons (Fsp3) is 0. The zero-order valence-corrected chi connectivity index (χ0v) is 8.29. The molecule has 16 heavy (non-hydrogen) atoms. The summed E-state index contributed by atoms with van der Waals surface area (Å²) in [5.74, 6) is -0.570. The average molecular weight is 212 g/mol. The summed E-state index contributed by atoms with van der Waals surface area (Å²) < 4.78 is 0. The normalized spacial score (nSPS) is 12.0. The fourth-order valence-electron chi connectivity index (χ4n) is 1.51. The molecule has 1 aromatic carbocycles. The molecule has 0 fully saturated rings. The Morgan fingerprint density at radius 1 is 1.44 bits per heavy atom. The molecule has 5 heteroatoms. The van der Waals surface area contributed by atoms with Gasteiger partial charge in [0, 0.05) is 22.9 Å². The van der Waals surface area contributed by atoms with E-state index in [4.69, 9.17) is 5.53 Å². The number of hydrogen-bond donors (Lipinski definition) is 1. The van der Waals surface area contributed by atoms with Gasteiger partial charge in [0.2, 0.25) is 5.91 Å². The van der Waals surface area contributed by atoms with Crippen molar-refractivity contribution in [2.75, 3.05) is 0 Å². The van der Waals surface area contributed by atoms with Crippen molar-refractivity contribution < 1.29 is 4.79 Å². The van der Waals surface area contributed by atoms with Crippen LogP contribution in [-0.4, -0.2) is 5.91 Å². The van der Waals surface area contributed by atoms with Gasteiger partial charge in [0.05, 0.1) is 0 Å². The van der Waals surface area contributed by atoms with E-state index in [2.05, 4.69) is 15.3 Å². The lowest BCUT2D eigenvalue weighted by Gasteiger charge is -1.97. The minimum atomic E-state index is -0.570. The summed E-state index contributed by atoms with van der Waals surface area (Å²) in [6.07, 6.45) is 7.12. The van der Waals surface area contributed by atoms with Crippen LogP contribution in [-0.2, 0) is 0 Å². The zero-order chi connectivity index (χ0) is 11.4. The van der Waals surface area contributed by atoms with Crippen molar-refractivity contribution in [3.8, 4) is 0 Å². The first-order chi connectivity index (χ1) is 7.83. The van der Waals surface area contributed by atoms with Gasteiger partial charge in [-0.25, -0.2) is 0 Å². The zero-order valence-electron chi connectivity index (χ0n) is 8.29. The van der Waals surface area contributed by atoms with E-state index >= 15 is 0 Å². The van der Waals surface area contributed by atoms with E-state index in [-0.39, 0.29) is 0 Å². The highest BCUT2D eigenvalue weighted by molar-refractivity contribution is 5.95. The summed E-state index contributed by atoms with van der Waals surface area (Å²) in [7, 11) is 0. The van der Waals surface area contributed by atoms with Gasteiger partial charge < -0.3 is 5.32 Å². The number of carbonyl (C=O) groups is 1. The molecule has 1 heterocycles. The predicted molar refractivity (Wildman–Crippen MR) is 60.4 cm³/mol. The molecule has 78 valence electrons. The third-order valence-corrected chi connectivity index (χ3v) is 2.20. The maximum Gasteiger partial charge on any atom is 0.249 e. The fourth-order valence-corrected chi connectivity index (χ4v) is 1.51. The van der Waals surface area contributed by atoms with Crippen molar-refractivity contribution in [2.24, 2.45) is 5.11 Å². The number of allylic oxidation sites excluding steroid dienone is 1. The standard InChI is InChI=1S/C11H8N4O/c12-15-14-11(16)10-4-1-3-8-7-13-6-2-5-9(8)10/h1-7,13H. The molecular formula is C11H8N4O. The third kappa shape index (κ3) is 1.80. The Hall–Kier alpha value is -2.52. The molecule has 5 nitrogen and oxygen atoms in total. The van der Waals surface area contributed by atoms with Crippen molar-refractivity contribution >= 4 is 18.2 Å². The van der Waals surface area contributed by atoms with Crippen molar-refractivity contribution in [3.05, 3.63) is 56.9 Å². The first-order valence-corrected chi connectivity index (χ1v) is 4.64. The highest BCUT2D eigenvalue weighted by Gasteiger charge is 2.05. The number of carbonyl (C=O) groups excluding carboxylic acids is 1. The molecule has 1 aromatic rings. The second-order valence-electron chi connectivity index (χ2n) is 3.14. The lowest BCUT2D eigenvalue weighted by atomic mass is 10.1. The molecule has 0 aromatic heterocycles. The van der Waals surface area contributed by atoms with Crippen molar-refractivity contribution in [3.63, 3.8) is 0 Å². The number of nitrogens with zero attached hydrogens (tertiary/aromatic N) is 3. The predicted octanol–water partition coefficient (Wildman–Crippen LogP) is 0.772. The monoisotopic (exact) mass is 212 g/mol. The molecule has 0 atom stereocenters. The largest absolute Gasteiger partial charge is 0.367 e. The third-order valence-electron chi connectivity index (χ3n) is 2.20. The molecule has 1 N–H and O–H groups in total. The molecule has 0 spiro atoms. The Morgan fingerprint density at radius 3 is 3.12 bits per heavy atom. The van der Waals surface area contributed by atoms with E-state index in [9.17, 15) is 4.79 Å². The average Bonchev–Trinajstić information content (AvgIpc) is 2.53. The van der Waals surface area contributed by atoms with E-state index in [0.717, 1.165) is 10.4 Å². The first-order valence-electron chi connectivity index (χ1n) is 4.64. The molecule has 0 saturated heterocycles. The van der Waals surface area contributed by atoms with Crippen molar-refractivity contribution in [1.82, 2.24) is 5.32 Å². The van der Waals surface area contributed by atoms with Crippen LogP contribution in [0.2, 0.25) is 0 Å². The smallest absolute Gasteiger partial charge is 0.249 e. The van der Waals surface area contributed by atoms with Crippen molar-refractivity contribution in [2.45, 2.75) is 0 Å². The Kier molecular flexibility index (Phi) is 2.71. The second-order valence-corrected chi connectivity index (χ2v) is 3.14. The van der Waals surface area contributed by atoms with Gasteiger partial charge in [-0.1, -0.05) is 24.3 Å². The van der Waals surface area contributed by atoms with Crippen LogP contribution in [0.25, 0.3) is 22.7 Å². The van der Waals surface area contributed by atoms with E-state index in [1.54, 1.807) is 36.7 Å². The van der Waals surface area contributed by atoms with Crippen molar-refractivity contribution in [1.29, 1.82) is 0 Å². The molecule has 0 aliphatic carbocycles. The van der Waals surface area contributed by atoms with Crippen LogP contribution in [0.15, 0.2) is 35.6 Å². The van der Waals surface area contributed by atoms with Gasteiger partial charge in [-0.05, 0) is 27.2 Å². The van der Waals surface area contributed by atoms with Crippen LogP contribution < -0.4 is 15.8 Å². The number of rotatable bonds is 1. The van der Waals surface area contributed by atoms with Crippen LogP contribution in [0.5, 0.6) is 0 Å². The lowest BCUT2D eigenvalue weighted by molar-refractivity contribution is 0.0999. The topological polar surface area (TPSA) is 77.9 Å². The second kappa shape index (κ2) is 4.33. The Morgan fingerprint density at radius 2 is 2.31 bits per heavy atom. The number of fused-ring (bicyclic) bond motifs is 1. The number of nitrogens with one attached hydrogen (secondary N) is 1. The summed E-state index contributed by atoms with van der Waals surface area (Å²) >= 11 is 0. The summed E-state index contributed by atoms with van der Waals surface area (Å²) in [6, 6.07) is 5.26. The number of amides is 1. The molecule has 0 bridgehead atoms. The number of azide groups is 1. The lowest BCUT2D eigenvalue weighted by Crippen LogP contribution is -2.30. The van der Waals surface area contributed by atoms with Crippen LogP contribution in [0.4, 0.5) is 0 Å². The summed E-state index contributed by atoms with van der Waals surface area (Å²) in [5, 5.41) is 7.68. The number of hydrogen-bond acceptors (Lipinski definition) is 2. The first kappa shape index (κ1) is 10.0. The van der Waals surface area contributed by atoms with Gasteiger partial charge in [0.25, 0.3) is 0 Å². The van der Waals surface area contributed by atoms with Gasteiger partial charge in [0.1, 0.15) is 0 Å². The van der Waals surface area contributed by atoms with Gasteiger partial charge in [-0.15, -0.1) is 0 Å². The van der Waals surface area contributed by atoms with E-state index < -0.39 is 5.91 Å². The Bertz CT molecular complexity index is 624. The summed E-state index contributed by atoms with van der Waals surface area (Å²) in [6.45, 7) is 0. The summed E-state index contributed by atoms with van der Waals surface area (Å²) in [4.78, 5) is 14.0. The summed E-state index contributed by atoms with van der Waals surface area (Å²) in [5.41, 5.74) is 8.65. The minimum absolute atomic E-state index is 0.403. The molecule has 1 aliphatic heterocycles. The van der Waals surface area contributed by atoms with Gasteiger partial charge >= 0.3 is 0 Å². The Labute approximate surface area is 91.0 Å². The molecule has 0 saturated carbocycles. The molecule has 1 aliphatic rings. The molecule has 0 unspecified atom stereocenters. The van der Waals surface area contributed by atoms with E-state index in [1.165, 1.54) is 0 Å². The van der Waals surface area contributed by atoms with Gasteiger partial charge in [0.15, 0.2) is 0 Å². The van der Waals surface area contributed by atoms with Crippen LogP contribution in [0.3, 0.4) is 0 Å². The highest BCUT2D eigenvalue weighted by atomic mass is 16.1. The minimum Gasteiger partial charge on any atom is -0.367 e. The van der Waals surface area contributed by atoms with Gasteiger partial charge in [-0.3, -0.25) is 4.79 Å². The quantitative estimate of drug-likeness (QED) is 0.424. The molecule has 2 rings (SSSR count). The van der Waals surface area contributed by atoms with E-state index in [1.807, 2.05) is 6.07 Å². The van der Waals surface area contributed by atoms with Crippen LogP contribution >= 0.6 is 0 Å². The molecular weight excluding hydrogens is 204 g/mol. The molecule has 0 radical (unpaired) electrons. The highest BCUT2D eigenvalue weighted by Crippen LogP contribution is 1.94. The van der Waals surface area contributed by atoms with Crippen LogP contribution in [0.1, 0.15) is 10.4 Å². The maximum atomic E-state index is 11.5. The number of benzene rings is 1. The maximum absolute atomic E-state index is 11.5. The SMILES string of the molecule is [N-]=[N+]=NC(=O)c1cccc2c1=CC=CNC=2. The van der Waals surface area contributed by atoms with E-state index in [0.29, 0.717) is 5.56 Å².